The van der Waals surface area contributed by atoms with Gasteiger partial charge >= 0.3 is 0 Å². The first-order valence-electron chi connectivity index (χ1n) is 0. The smallest absolute Gasteiger partial charge is 0 e. The van der Waals surface area contributed by atoms with E-state index < -0.39 is 0 Å². The van der Waals surface area contributed by atoms with E-state index in [1.54, 1.807) is 0 Å². The summed E-state index contributed by atoms with van der Waals surface area (Å²) >= 11 is 0. The Labute approximate surface area is 121 Å². The molecule has 1 radical (unpaired) electrons. The van der Waals surface area contributed by atoms with Crippen molar-refractivity contribution in [3.8, 4) is 0 Å². The maximum absolute atomic E-state index is 0. The minimum absolute atomic E-state index is 0. The van der Waals surface area contributed by atoms with Gasteiger partial charge in [-0.3, -0.25) is 0 Å². The van der Waals surface area contributed by atoms with E-state index >= 15 is 0 Å². The second-order valence-corrected chi connectivity index (χ2v) is 0. The summed E-state index contributed by atoms with van der Waals surface area (Å²) in [6, 6.07) is 0. The second-order valence-electron chi connectivity index (χ2n) is 0. The third kappa shape index (κ3) is 18.0. The fourth-order valence-electron chi connectivity index (χ4n) is 0. The van der Waals surface area contributed by atoms with Gasteiger partial charge in [-0.25, -0.2) is 0 Å². The molecular formula is CuNiThUZn. The van der Waals surface area contributed by atoms with Gasteiger partial charge in [0.1, 0.15) is 0 Å². The number of rotatable bonds is 0. The maximum Gasteiger partial charge on any atom is 0 e. The van der Waals surface area contributed by atoms with Gasteiger partial charge in [-0.1, -0.05) is 0 Å². The van der Waals surface area contributed by atoms with Gasteiger partial charge in [0.2, 0.25) is 0 Å². The standard InChI is InChI=1S/Cu.Ni.Th.U.Zn. The van der Waals surface area contributed by atoms with Crippen LogP contribution >= 0.6 is 0 Å². The van der Waals surface area contributed by atoms with Gasteiger partial charge < -0.3 is 0 Å². The predicted molar refractivity (Wildman–Crippen MR) is 0 cm³/mol. The molecule has 0 aliphatic carbocycles. The van der Waals surface area contributed by atoms with E-state index in [-0.39, 0.29) is 124 Å². The summed E-state index contributed by atoms with van der Waals surface area (Å²) in [7, 11) is 0. The SMILES string of the molecule is [Cu].[Ni].[Th].[U].[Zn]. The van der Waals surface area contributed by atoms with Gasteiger partial charge in [-0.2, -0.15) is 0 Å². The zero-order chi connectivity index (χ0) is 0. The molecule has 0 nitrogen and oxygen atoms in total. The molecule has 0 aromatic carbocycles. The minimum Gasteiger partial charge on any atom is 0 e. The van der Waals surface area contributed by atoms with Crippen molar-refractivity contribution in [1.82, 2.24) is 0 Å². The largest absolute Gasteiger partial charge is 0 e. The zero-order valence-corrected chi connectivity index (χ0v) is 15.5. The molecule has 0 unspecified atom stereocenters. The van der Waals surface area contributed by atoms with Crippen LogP contribution in [0.25, 0.3) is 0 Å². The summed E-state index contributed by atoms with van der Waals surface area (Å²) in [6.07, 6.45) is 0. The van der Waals surface area contributed by atoms with Crippen LogP contribution in [0, 0.1) is 71.1 Å². The van der Waals surface area contributed by atoms with Crippen LogP contribution in [0.2, 0.25) is 0 Å². The summed E-state index contributed by atoms with van der Waals surface area (Å²) in [6.45, 7) is 0. The Bertz CT molecular complexity index is 11.6. The van der Waals surface area contributed by atoms with Crippen LogP contribution in [-0.2, 0) is 53.0 Å². The van der Waals surface area contributed by atoms with Crippen LogP contribution in [0.5, 0.6) is 0 Å². The van der Waals surface area contributed by atoms with Crippen LogP contribution in [0.15, 0.2) is 0 Å². The first-order chi connectivity index (χ1) is 0. The van der Waals surface area contributed by atoms with Crippen molar-refractivity contribution in [2.75, 3.05) is 0 Å². The predicted octanol–water partition coefficient (Wildman–Crippen LogP) is -0.00750. The Morgan fingerprint density at radius 2 is 1.00 bits per heavy atom. The topological polar surface area (TPSA) is 0 Å². The van der Waals surface area contributed by atoms with Crippen LogP contribution in [0.4, 0.5) is 0 Å². The molecule has 0 heterocycles. The molecule has 0 fully saturated rings. The van der Waals surface area contributed by atoms with E-state index in [1.165, 1.54) is 0 Å². The Balaban J connectivity index is 0. The fourth-order valence-corrected chi connectivity index (χ4v) is 0. The normalized spacial score (nSPS) is 0. The third-order valence-electron chi connectivity index (χ3n) is 0. The summed E-state index contributed by atoms with van der Waals surface area (Å²) in [4.78, 5) is 0. The van der Waals surface area contributed by atoms with Crippen LogP contribution in [-0.4, -0.2) is 0 Å². The van der Waals surface area contributed by atoms with E-state index in [4.69, 9.17) is 0 Å². The zero-order valence-electron chi connectivity index (χ0n) is 2.32. The molecule has 0 saturated heterocycles. The summed E-state index contributed by atoms with van der Waals surface area (Å²) in [5.41, 5.74) is 0. The molecule has 0 aromatic rings. The van der Waals surface area contributed by atoms with Crippen LogP contribution in [0.1, 0.15) is 0 Å². The van der Waals surface area contributed by atoms with E-state index in [0.29, 0.717) is 0 Å². The van der Waals surface area contributed by atoms with Crippen molar-refractivity contribution in [2.45, 2.75) is 0 Å². The van der Waals surface area contributed by atoms with Crippen molar-refractivity contribution >= 4 is 0 Å². The molecule has 0 atom stereocenters. The summed E-state index contributed by atoms with van der Waals surface area (Å²) < 4.78 is 0. The third-order valence-corrected chi connectivity index (χ3v) is 0. The van der Waals surface area contributed by atoms with Gasteiger partial charge in [0.15, 0.2) is 0 Å². The molecule has 0 N–H and O–H groups in total. The second kappa shape index (κ2) is 24.5. The Morgan fingerprint density at radius 1 is 1.00 bits per heavy atom. The number of hydrogen-bond donors (Lipinski definition) is 0. The fraction of sp³-hybridized carbons (Fsp3) is 0. The molecule has 5 heteroatoms. The molecule has 0 aliphatic heterocycles. The van der Waals surface area contributed by atoms with Gasteiger partial charge in [0, 0.05) is 124 Å². The molecule has 0 aromatic heterocycles. The Morgan fingerprint density at radius 3 is 1.00 bits per heavy atom. The van der Waals surface area contributed by atoms with Crippen molar-refractivity contribution in [1.29, 1.82) is 0 Å². The van der Waals surface area contributed by atoms with Crippen LogP contribution in [0.3, 0.4) is 0 Å². The molecule has 5 heavy (non-hydrogen) atoms. The summed E-state index contributed by atoms with van der Waals surface area (Å²) in [5.74, 6) is 0. The molecule has 0 bridgehead atoms. The average Bonchev–Trinajstić information content (AvgIpc) is 0. The van der Waals surface area contributed by atoms with E-state index in [1.807, 2.05) is 0 Å². The van der Waals surface area contributed by atoms with Crippen LogP contribution < -0.4 is 0 Å². The first-order valence-corrected chi connectivity index (χ1v) is 0. The first kappa shape index (κ1) is 35.9. The molecule has 0 saturated carbocycles. The average molecular weight is 658 g/mol. The van der Waals surface area contributed by atoms with E-state index in [0.717, 1.165) is 0 Å². The Kier molecular flexibility index (Phi) is 176. The molecule has 0 aliphatic rings. The van der Waals surface area contributed by atoms with Gasteiger partial charge in [0.25, 0.3) is 0 Å². The molecular weight excluding hydrogens is 658 g/mol. The van der Waals surface area contributed by atoms with E-state index in [2.05, 4.69) is 0 Å². The Hall–Kier alpha value is 4.01. The molecule has 31 valence electrons. The van der Waals surface area contributed by atoms with Gasteiger partial charge in [0.05, 0.1) is 0 Å². The molecule has 0 amide bonds. The molecule has 0 spiro atoms. The quantitative estimate of drug-likeness (QED) is 0.322. The van der Waals surface area contributed by atoms with Gasteiger partial charge in [-0.15, -0.1) is 0 Å². The monoisotopic (exact) mass is 655 g/mol. The minimum atomic E-state index is 0. The van der Waals surface area contributed by atoms with Crippen molar-refractivity contribution < 1.29 is 124 Å². The van der Waals surface area contributed by atoms with E-state index in [9.17, 15) is 0 Å². The van der Waals surface area contributed by atoms with Gasteiger partial charge in [-0.05, 0) is 0 Å². The van der Waals surface area contributed by atoms with Crippen molar-refractivity contribution in [3.05, 3.63) is 0 Å². The maximum atomic E-state index is 0. The number of hydrogen-bond acceptors (Lipinski definition) is 0. The van der Waals surface area contributed by atoms with Crippen molar-refractivity contribution in [3.63, 3.8) is 0 Å². The summed E-state index contributed by atoms with van der Waals surface area (Å²) in [5, 5.41) is 0. The van der Waals surface area contributed by atoms with Crippen molar-refractivity contribution in [2.24, 2.45) is 0 Å². The molecule has 0 rings (SSSR count).